The summed E-state index contributed by atoms with van der Waals surface area (Å²) in [5.41, 5.74) is 17.0. The Hall–Kier alpha value is -6.64. The first kappa shape index (κ1) is 35.1. The quantitative estimate of drug-likeness (QED) is 0.144. The van der Waals surface area contributed by atoms with E-state index in [0.717, 1.165) is 17.1 Å². The molecule has 9 aromatic rings. The first-order valence-corrected chi connectivity index (χ1v) is 19.8. The van der Waals surface area contributed by atoms with Gasteiger partial charge in [0.2, 0.25) is 0 Å². The average molecular weight is 723 g/mol. The molecule has 0 atom stereocenters. The number of aromatic nitrogens is 1. The summed E-state index contributed by atoms with van der Waals surface area (Å²) in [4.78, 5) is 2.32. The Morgan fingerprint density at radius 2 is 0.679 bits per heavy atom. The van der Waals surface area contributed by atoms with Crippen molar-refractivity contribution in [1.29, 1.82) is 0 Å². The monoisotopic (exact) mass is 722 g/mol. The summed E-state index contributed by atoms with van der Waals surface area (Å²) < 4.78 is 2.42. The lowest BCUT2D eigenvalue weighted by Gasteiger charge is -2.26. The first-order chi connectivity index (χ1) is 27.4. The van der Waals surface area contributed by atoms with Crippen LogP contribution < -0.4 is 4.90 Å². The highest BCUT2D eigenvalue weighted by atomic mass is 15.1. The third kappa shape index (κ3) is 6.69. The number of para-hydroxylation sites is 1. The zero-order chi connectivity index (χ0) is 38.2. The van der Waals surface area contributed by atoms with Crippen molar-refractivity contribution < 1.29 is 0 Å². The van der Waals surface area contributed by atoms with Crippen LogP contribution in [-0.2, 0) is 0 Å². The highest BCUT2D eigenvalue weighted by molar-refractivity contribution is 6.09. The van der Waals surface area contributed by atoms with E-state index in [1.807, 2.05) is 0 Å². The Balaban J connectivity index is 0.980. The SMILES string of the molecule is CC(C)c1ccc2c(c1)c1cc(C(C)C)ccc1n2-c1ccc(-c2ccc(-c3ccc(N(c4ccccc4)c4ccc(-c5ccccc5)cc4)cc3)cc2)cc1. The third-order valence-corrected chi connectivity index (χ3v) is 11.2. The van der Waals surface area contributed by atoms with Crippen molar-refractivity contribution >= 4 is 38.9 Å². The molecule has 1 aromatic heterocycles. The molecule has 272 valence electrons. The molecule has 0 fully saturated rings. The molecule has 9 rings (SSSR count). The molecule has 0 saturated heterocycles. The Morgan fingerprint density at radius 3 is 1.09 bits per heavy atom. The van der Waals surface area contributed by atoms with Crippen molar-refractivity contribution in [1.82, 2.24) is 4.57 Å². The molecule has 0 radical (unpaired) electrons. The van der Waals surface area contributed by atoms with Gasteiger partial charge in [-0.2, -0.15) is 0 Å². The molecule has 2 nitrogen and oxygen atoms in total. The number of rotatable bonds is 9. The van der Waals surface area contributed by atoms with Gasteiger partial charge >= 0.3 is 0 Å². The van der Waals surface area contributed by atoms with Crippen molar-refractivity contribution in [2.45, 2.75) is 39.5 Å². The first-order valence-electron chi connectivity index (χ1n) is 19.8. The normalized spacial score (nSPS) is 11.5. The van der Waals surface area contributed by atoms with Gasteiger partial charge in [0.15, 0.2) is 0 Å². The fourth-order valence-electron chi connectivity index (χ4n) is 7.97. The summed E-state index contributed by atoms with van der Waals surface area (Å²) in [5, 5.41) is 2.65. The molecule has 0 bridgehead atoms. The molecule has 0 spiro atoms. The van der Waals surface area contributed by atoms with Crippen molar-refractivity contribution in [3.63, 3.8) is 0 Å². The van der Waals surface area contributed by atoms with E-state index in [1.54, 1.807) is 0 Å². The zero-order valence-electron chi connectivity index (χ0n) is 32.5. The maximum absolute atomic E-state index is 2.42. The molecule has 0 saturated carbocycles. The Kier molecular flexibility index (Phi) is 9.33. The van der Waals surface area contributed by atoms with Gasteiger partial charge in [-0.05, 0) is 129 Å². The van der Waals surface area contributed by atoms with E-state index in [2.05, 4.69) is 231 Å². The van der Waals surface area contributed by atoms with Crippen molar-refractivity contribution in [2.75, 3.05) is 4.90 Å². The molecule has 0 unspecified atom stereocenters. The van der Waals surface area contributed by atoms with E-state index < -0.39 is 0 Å². The van der Waals surface area contributed by atoms with Crippen molar-refractivity contribution in [3.05, 3.63) is 205 Å². The predicted octanol–water partition coefficient (Wildman–Crippen LogP) is 15.5. The van der Waals surface area contributed by atoms with Gasteiger partial charge in [-0.3, -0.25) is 0 Å². The van der Waals surface area contributed by atoms with Gasteiger partial charge in [-0.15, -0.1) is 0 Å². The highest BCUT2D eigenvalue weighted by Crippen LogP contribution is 2.38. The van der Waals surface area contributed by atoms with E-state index in [0.29, 0.717) is 11.8 Å². The second kappa shape index (κ2) is 14.9. The van der Waals surface area contributed by atoms with Gasteiger partial charge in [0.1, 0.15) is 0 Å². The van der Waals surface area contributed by atoms with Gasteiger partial charge < -0.3 is 9.47 Å². The summed E-state index contributed by atoms with van der Waals surface area (Å²) in [6.45, 7) is 9.09. The number of hydrogen-bond donors (Lipinski definition) is 0. The Bertz CT molecular complexity index is 2670. The minimum absolute atomic E-state index is 0.482. The van der Waals surface area contributed by atoms with Crippen molar-refractivity contribution in [2.24, 2.45) is 0 Å². The summed E-state index contributed by atoms with van der Waals surface area (Å²) in [6.07, 6.45) is 0. The molecule has 2 heteroatoms. The van der Waals surface area contributed by atoms with E-state index in [1.165, 1.54) is 72.0 Å². The van der Waals surface area contributed by atoms with Crippen LogP contribution in [0.1, 0.15) is 50.7 Å². The van der Waals surface area contributed by atoms with Crippen LogP contribution in [-0.4, -0.2) is 4.57 Å². The standard InChI is InChI=1S/C54H46N2/c1-37(2)45-25-33-53-51(35-45)52-36-46(38(3)4)26-34-54(52)56(53)50-31-23-44(24-32-50)41-17-15-40(16-18-41)43-21-29-49(30-22-43)55(47-13-9-6-10-14-47)48-27-19-42(20-28-48)39-11-7-5-8-12-39/h5-38H,1-4H3. The fraction of sp³-hybridized carbons (Fsp3) is 0.111. The second-order valence-corrected chi connectivity index (χ2v) is 15.5. The maximum atomic E-state index is 2.42. The van der Waals surface area contributed by atoms with E-state index in [-0.39, 0.29) is 0 Å². The molecule has 1 heterocycles. The number of hydrogen-bond acceptors (Lipinski definition) is 1. The van der Waals surface area contributed by atoms with Gasteiger partial charge in [0.05, 0.1) is 11.0 Å². The molecule has 0 aliphatic rings. The van der Waals surface area contributed by atoms with E-state index >= 15 is 0 Å². The number of benzene rings is 8. The number of fused-ring (bicyclic) bond motifs is 3. The van der Waals surface area contributed by atoms with Gasteiger partial charge in [-0.25, -0.2) is 0 Å². The molecule has 8 aromatic carbocycles. The predicted molar refractivity (Wildman–Crippen MR) is 240 cm³/mol. The smallest absolute Gasteiger partial charge is 0.0541 e. The summed E-state index contributed by atoms with van der Waals surface area (Å²) in [6, 6.07) is 70.9. The van der Waals surface area contributed by atoms with Crippen LogP contribution in [0.4, 0.5) is 17.1 Å². The number of anilines is 3. The van der Waals surface area contributed by atoms with Crippen LogP contribution in [0.2, 0.25) is 0 Å². The van der Waals surface area contributed by atoms with Crippen LogP contribution in [0.25, 0.3) is 60.9 Å². The molecule has 0 aliphatic carbocycles. The third-order valence-electron chi connectivity index (χ3n) is 11.2. The van der Waals surface area contributed by atoms with Crippen LogP contribution in [0.3, 0.4) is 0 Å². The molecule has 0 N–H and O–H groups in total. The Morgan fingerprint density at radius 1 is 0.339 bits per heavy atom. The average Bonchev–Trinajstić information content (AvgIpc) is 3.58. The van der Waals surface area contributed by atoms with Gasteiger partial charge in [0.25, 0.3) is 0 Å². The maximum Gasteiger partial charge on any atom is 0.0541 e. The van der Waals surface area contributed by atoms with Crippen LogP contribution >= 0.6 is 0 Å². The van der Waals surface area contributed by atoms with Crippen LogP contribution in [0.15, 0.2) is 194 Å². The van der Waals surface area contributed by atoms with Gasteiger partial charge in [-0.1, -0.05) is 149 Å². The minimum atomic E-state index is 0.482. The summed E-state index contributed by atoms with van der Waals surface area (Å²) in [7, 11) is 0. The molecule has 56 heavy (non-hydrogen) atoms. The fourth-order valence-corrected chi connectivity index (χ4v) is 7.97. The van der Waals surface area contributed by atoms with Crippen LogP contribution in [0, 0.1) is 0 Å². The lowest BCUT2D eigenvalue weighted by Crippen LogP contribution is -2.09. The molecular formula is C54H46N2. The number of nitrogens with zero attached hydrogens (tertiary/aromatic N) is 2. The van der Waals surface area contributed by atoms with Gasteiger partial charge in [0, 0.05) is 33.5 Å². The van der Waals surface area contributed by atoms with E-state index in [4.69, 9.17) is 0 Å². The molecular weight excluding hydrogens is 677 g/mol. The highest BCUT2D eigenvalue weighted by Gasteiger charge is 2.16. The Labute approximate surface area is 331 Å². The molecule has 0 amide bonds. The largest absolute Gasteiger partial charge is 0.311 e. The summed E-state index contributed by atoms with van der Waals surface area (Å²) in [5.74, 6) is 0.964. The van der Waals surface area contributed by atoms with E-state index in [9.17, 15) is 0 Å². The molecule has 0 aliphatic heterocycles. The second-order valence-electron chi connectivity index (χ2n) is 15.5. The van der Waals surface area contributed by atoms with Crippen molar-refractivity contribution in [3.8, 4) is 39.1 Å². The summed E-state index contributed by atoms with van der Waals surface area (Å²) >= 11 is 0. The topological polar surface area (TPSA) is 8.17 Å². The minimum Gasteiger partial charge on any atom is -0.311 e. The lowest BCUT2D eigenvalue weighted by molar-refractivity contribution is 0.868. The zero-order valence-corrected chi connectivity index (χ0v) is 32.5. The lowest BCUT2D eigenvalue weighted by atomic mass is 9.98. The van der Waals surface area contributed by atoms with Crippen LogP contribution in [0.5, 0.6) is 0 Å².